The van der Waals surface area contributed by atoms with Gasteiger partial charge in [-0.05, 0) is 19.4 Å². The van der Waals surface area contributed by atoms with Gasteiger partial charge in [-0.3, -0.25) is 0 Å². The van der Waals surface area contributed by atoms with E-state index in [0.717, 1.165) is 5.56 Å². The number of rotatable bonds is 3. The summed E-state index contributed by atoms with van der Waals surface area (Å²) in [5.41, 5.74) is 0.828. The molecular formula is C8H13N3O3S. The lowest BCUT2D eigenvalue weighted by Gasteiger charge is -2.15. The van der Waals surface area contributed by atoms with Gasteiger partial charge in [0.05, 0.1) is 0 Å². The van der Waals surface area contributed by atoms with Crippen molar-refractivity contribution in [2.75, 3.05) is 0 Å². The Balaban J connectivity index is 2.95. The van der Waals surface area contributed by atoms with Crippen LogP contribution in [0.15, 0.2) is 12.4 Å². The molecule has 0 aromatic carbocycles. The number of aromatic nitrogens is 2. The van der Waals surface area contributed by atoms with Crippen molar-refractivity contribution < 1.29 is 13.5 Å². The first kappa shape index (κ1) is 12.0. The smallest absolute Gasteiger partial charge is 0.214 e. The zero-order chi connectivity index (χ0) is 11.6. The van der Waals surface area contributed by atoms with Gasteiger partial charge in [-0.2, -0.15) is 0 Å². The van der Waals surface area contributed by atoms with E-state index in [1.807, 2.05) is 0 Å². The highest BCUT2D eigenvalue weighted by atomic mass is 32.2. The molecule has 6 nitrogen and oxygen atoms in total. The van der Waals surface area contributed by atoms with Crippen LogP contribution < -0.4 is 5.14 Å². The minimum Gasteiger partial charge on any atom is -0.384 e. The zero-order valence-electron chi connectivity index (χ0n) is 8.45. The van der Waals surface area contributed by atoms with Crippen LogP contribution >= 0.6 is 0 Å². The maximum Gasteiger partial charge on any atom is 0.214 e. The fraction of sp³-hybridized carbons (Fsp3) is 0.500. The Kier molecular flexibility index (Phi) is 3.38. The molecule has 0 spiro atoms. The lowest BCUT2D eigenvalue weighted by molar-refractivity contribution is 0.166. The van der Waals surface area contributed by atoms with Gasteiger partial charge in [-0.15, -0.1) is 0 Å². The Morgan fingerprint density at radius 3 is 2.27 bits per heavy atom. The second-order valence-electron chi connectivity index (χ2n) is 3.36. The monoisotopic (exact) mass is 231 g/mol. The number of nitrogens with two attached hydrogens (primary N) is 1. The van der Waals surface area contributed by atoms with Crippen molar-refractivity contribution >= 4 is 10.0 Å². The van der Waals surface area contributed by atoms with Gasteiger partial charge in [-0.25, -0.2) is 23.5 Å². The third-order valence-electron chi connectivity index (χ3n) is 2.03. The normalized spacial score (nSPS) is 16.0. The number of nitrogens with zero attached hydrogens (tertiary/aromatic N) is 2. The number of hydrogen-bond donors (Lipinski definition) is 2. The number of aryl methyl sites for hydroxylation is 1. The van der Waals surface area contributed by atoms with E-state index in [2.05, 4.69) is 9.97 Å². The van der Waals surface area contributed by atoms with E-state index in [1.54, 1.807) is 6.92 Å². The minimum atomic E-state index is -3.79. The molecule has 0 saturated heterocycles. The lowest BCUT2D eigenvalue weighted by Crippen LogP contribution is -2.32. The molecule has 0 saturated carbocycles. The van der Waals surface area contributed by atoms with E-state index in [4.69, 9.17) is 5.14 Å². The van der Waals surface area contributed by atoms with Crippen LogP contribution in [-0.4, -0.2) is 28.7 Å². The minimum absolute atomic E-state index is 0.0575. The van der Waals surface area contributed by atoms with E-state index in [0.29, 0.717) is 0 Å². The van der Waals surface area contributed by atoms with Crippen LogP contribution in [-0.2, 0) is 10.0 Å². The van der Waals surface area contributed by atoms with Crippen molar-refractivity contribution in [3.63, 3.8) is 0 Å². The molecular weight excluding hydrogens is 218 g/mol. The molecule has 1 aromatic rings. The Hall–Kier alpha value is -1.05. The van der Waals surface area contributed by atoms with Gasteiger partial charge in [0.15, 0.2) is 5.82 Å². The van der Waals surface area contributed by atoms with Crippen LogP contribution in [0.2, 0.25) is 0 Å². The lowest BCUT2D eigenvalue weighted by atomic mass is 10.2. The summed E-state index contributed by atoms with van der Waals surface area (Å²) in [5.74, 6) is 0.0575. The molecule has 0 fully saturated rings. The van der Waals surface area contributed by atoms with Crippen molar-refractivity contribution in [3.05, 3.63) is 23.8 Å². The number of primary sulfonamides is 1. The Bertz CT molecular complexity index is 429. The van der Waals surface area contributed by atoms with Crippen LogP contribution in [0.25, 0.3) is 0 Å². The molecule has 7 heteroatoms. The molecule has 0 amide bonds. The summed E-state index contributed by atoms with van der Waals surface area (Å²) in [4.78, 5) is 7.66. The first-order chi connectivity index (χ1) is 6.82. The third-order valence-corrected chi connectivity index (χ3v) is 3.32. The highest BCUT2D eigenvalue weighted by Gasteiger charge is 2.27. The fourth-order valence-electron chi connectivity index (χ4n) is 0.945. The molecule has 1 rings (SSSR count). The van der Waals surface area contributed by atoms with Gasteiger partial charge >= 0.3 is 0 Å². The average molecular weight is 231 g/mol. The zero-order valence-corrected chi connectivity index (χ0v) is 9.27. The maximum absolute atomic E-state index is 11.0. The molecule has 0 unspecified atom stereocenters. The van der Waals surface area contributed by atoms with Crippen LogP contribution in [0.3, 0.4) is 0 Å². The van der Waals surface area contributed by atoms with E-state index in [1.165, 1.54) is 19.3 Å². The summed E-state index contributed by atoms with van der Waals surface area (Å²) < 4.78 is 22.0. The molecule has 2 atom stereocenters. The van der Waals surface area contributed by atoms with Gasteiger partial charge in [0.25, 0.3) is 0 Å². The van der Waals surface area contributed by atoms with Crippen LogP contribution in [0.1, 0.15) is 24.4 Å². The van der Waals surface area contributed by atoms with Gasteiger partial charge in [0.1, 0.15) is 11.4 Å². The summed E-state index contributed by atoms with van der Waals surface area (Å²) >= 11 is 0. The Morgan fingerprint density at radius 1 is 1.40 bits per heavy atom. The van der Waals surface area contributed by atoms with Gasteiger partial charge in [0, 0.05) is 12.4 Å². The second kappa shape index (κ2) is 4.21. The molecule has 0 radical (unpaired) electrons. The molecule has 1 heterocycles. The largest absolute Gasteiger partial charge is 0.384 e. The predicted octanol–water partition coefficient (Wildman–Crippen LogP) is -0.505. The second-order valence-corrected chi connectivity index (χ2v) is 5.28. The van der Waals surface area contributed by atoms with Crippen LogP contribution in [0.4, 0.5) is 0 Å². The van der Waals surface area contributed by atoms with E-state index in [-0.39, 0.29) is 5.82 Å². The summed E-state index contributed by atoms with van der Waals surface area (Å²) in [6, 6.07) is 0. The first-order valence-electron chi connectivity index (χ1n) is 4.30. The van der Waals surface area contributed by atoms with Crippen LogP contribution in [0, 0.1) is 6.92 Å². The van der Waals surface area contributed by atoms with Gasteiger partial charge < -0.3 is 5.11 Å². The summed E-state index contributed by atoms with van der Waals surface area (Å²) in [7, 11) is -3.79. The number of aliphatic hydroxyl groups is 1. The topological polar surface area (TPSA) is 106 Å². The predicted molar refractivity (Wildman–Crippen MR) is 54.3 cm³/mol. The Labute approximate surface area is 88.2 Å². The number of aliphatic hydroxyl groups excluding tert-OH is 1. The molecule has 0 aliphatic carbocycles. The number of hydrogen-bond acceptors (Lipinski definition) is 5. The van der Waals surface area contributed by atoms with E-state index in [9.17, 15) is 13.5 Å². The summed E-state index contributed by atoms with van der Waals surface area (Å²) in [6.07, 6.45) is 1.70. The van der Waals surface area contributed by atoms with Crippen LogP contribution in [0.5, 0.6) is 0 Å². The van der Waals surface area contributed by atoms with Crippen molar-refractivity contribution in [2.45, 2.75) is 25.2 Å². The van der Waals surface area contributed by atoms with Crippen molar-refractivity contribution in [1.29, 1.82) is 0 Å². The number of sulfonamides is 1. The third kappa shape index (κ3) is 2.95. The average Bonchev–Trinajstić information content (AvgIpc) is 2.15. The molecule has 0 aliphatic heterocycles. The van der Waals surface area contributed by atoms with Gasteiger partial charge in [0.2, 0.25) is 10.0 Å². The SMILES string of the molecule is Cc1cnc([C@@H](O)[C@@H](C)S(N)(=O)=O)nc1. The van der Waals surface area contributed by atoms with Crippen molar-refractivity contribution in [3.8, 4) is 0 Å². The first-order valence-corrected chi connectivity index (χ1v) is 5.91. The molecule has 1 aromatic heterocycles. The molecule has 84 valence electrons. The Morgan fingerprint density at radius 2 is 1.87 bits per heavy atom. The molecule has 3 N–H and O–H groups in total. The molecule has 0 aliphatic rings. The van der Waals surface area contributed by atoms with Crippen molar-refractivity contribution in [2.24, 2.45) is 5.14 Å². The molecule has 0 bridgehead atoms. The summed E-state index contributed by atoms with van der Waals surface area (Å²) in [5, 5.41) is 13.4. The summed E-state index contributed by atoms with van der Waals surface area (Å²) in [6.45, 7) is 3.10. The fourth-order valence-corrected chi connectivity index (χ4v) is 1.43. The maximum atomic E-state index is 11.0. The highest BCUT2D eigenvalue weighted by Crippen LogP contribution is 2.16. The molecule has 15 heavy (non-hydrogen) atoms. The van der Waals surface area contributed by atoms with E-state index < -0.39 is 21.4 Å². The van der Waals surface area contributed by atoms with E-state index >= 15 is 0 Å². The van der Waals surface area contributed by atoms with Crippen molar-refractivity contribution in [1.82, 2.24) is 9.97 Å². The highest BCUT2D eigenvalue weighted by molar-refractivity contribution is 7.89. The van der Waals surface area contributed by atoms with Gasteiger partial charge in [-0.1, -0.05) is 0 Å². The standard InChI is InChI=1S/C8H13N3O3S/c1-5-3-10-8(11-4-5)7(12)6(2)15(9,13)14/h3-4,6-7,12H,1-2H3,(H2,9,13,14)/t6-,7+/m1/s1. The quantitative estimate of drug-likeness (QED) is 0.729.